The van der Waals surface area contributed by atoms with Gasteiger partial charge in [0.25, 0.3) is 0 Å². The van der Waals surface area contributed by atoms with E-state index in [4.69, 9.17) is 9.47 Å². The van der Waals surface area contributed by atoms with Crippen LogP contribution in [0.25, 0.3) is 0 Å². The van der Waals surface area contributed by atoms with E-state index in [1.54, 1.807) is 29.6 Å². The van der Waals surface area contributed by atoms with Crippen molar-refractivity contribution in [2.45, 2.75) is 42.8 Å². The summed E-state index contributed by atoms with van der Waals surface area (Å²) in [6, 6.07) is 7.09. The molecule has 1 spiro atoms. The van der Waals surface area contributed by atoms with Crippen molar-refractivity contribution in [2.24, 2.45) is 0 Å². The maximum atomic E-state index is 12.7. The molecule has 0 aliphatic carbocycles. The quantitative estimate of drug-likeness (QED) is 0.852. The topological polar surface area (TPSA) is 55.8 Å². The van der Waals surface area contributed by atoms with E-state index < -0.39 is 10.0 Å². The molecule has 0 bridgehead atoms. The summed E-state index contributed by atoms with van der Waals surface area (Å²) >= 11 is 0. The molecule has 2 fully saturated rings. The second-order valence-electron chi connectivity index (χ2n) is 6.28. The van der Waals surface area contributed by atoms with Crippen molar-refractivity contribution in [3.8, 4) is 0 Å². The number of nitrogens with zero attached hydrogens (tertiary/aromatic N) is 1. The van der Waals surface area contributed by atoms with Gasteiger partial charge in [0, 0.05) is 26.6 Å². The minimum Gasteiger partial charge on any atom is -0.379 e. The van der Waals surface area contributed by atoms with Gasteiger partial charge in [0.15, 0.2) is 0 Å². The van der Waals surface area contributed by atoms with Crippen LogP contribution in [-0.4, -0.2) is 51.2 Å². The second-order valence-corrected chi connectivity index (χ2v) is 8.21. The summed E-state index contributed by atoms with van der Waals surface area (Å²) in [6.07, 6.45) is 2.47. The van der Waals surface area contributed by atoms with E-state index in [1.165, 1.54) is 0 Å². The second kappa shape index (κ2) is 5.92. The zero-order valence-electron chi connectivity index (χ0n) is 13.1. The number of sulfonamides is 1. The molecule has 0 saturated carbocycles. The Labute approximate surface area is 132 Å². The third kappa shape index (κ3) is 2.93. The first-order valence-corrected chi connectivity index (χ1v) is 9.13. The number of hydrogen-bond acceptors (Lipinski definition) is 4. The Morgan fingerprint density at radius 2 is 2.05 bits per heavy atom. The molecule has 0 amide bonds. The van der Waals surface area contributed by atoms with Gasteiger partial charge in [-0.05, 0) is 37.5 Å². The van der Waals surface area contributed by atoms with Crippen molar-refractivity contribution in [1.29, 1.82) is 0 Å². The number of piperidine rings is 1. The van der Waals surface area contributed by atoms with Crippen LogP contribution in [0.2, 0.25) is 0 Å². The van der Waals surface area contributed by atoms with E-state index in [-0.39, 0.29) is 11.7 Å². The molecule has 122 valence electrons. The van der Waals surface area contributed by atoms with Gasteiger partial charge in [0.1, 0.15) is 0 Å². The number of methoxy groups -OCH3 is 1. The van der Waals surface area contributed by atoms with Crippen molar-refractivity contribution in [3.05, 3.63) is 29.8 Å². The van der Waals surface area contributed by atoms with Crippen molar-refractivity contribution in [3.63, 3.8) is 0 Å². The minimum atomic E-state index is -3.40. The molecule has 2 heterocycles. The van der Waals surface area contributed by atoms with Gasteiger partial charge in [0.05, 0.1) is 23.2 Å². The van der Waals surface area contributed by atoms with Gasteiger partial charge in [-0.3, -0.25) is 0 Å². The lowest BCUT2D eigenvalue weighted by Gasteiger charge is -2.37. The molecule has 22 heavy (non-hydrogen) atoms. The Morgan fingerprint density at radius 3 is 2.64 bits per heavy atom. The first-order chi connectivity index (χ1) is 10.5. The van der Waals surface area contributed by atoms with Crippen LogP contribution in [-0.2, 0) is 19.5 Å². The van der Waals surface area contributed by atoms with Crippen LogP contribution < -0.4 is 0 Å². The van der Waals surface area contributed by atoms with Crippen LogP contribution in [0.4, 0.5) is 0 Å². The van der Waals surface area contributed by atoms with Gasteiger partial charge >= 0.3 is 0 Å². The van der Waals surface area contributed by atoms with Crippen LogP contribution in [0.15, 0.2) is 29.2 Å². The number of ether oxygens (including phenoxy) is 2. The molecule has 1 aromatic rings. The van der Waals surface area contributed by atoms with Gasteiger partial charge in [-0.2, -0.15) is 4.31 Å². The lowest BCUT2D eigenvalue weighted by Crippen LogP contribution is -2.46. The molecule has 1 aromatic carbocycles. The number of rotatable bonds is 3. The third-order valence-corrected chi connectivity index (χ3v) is 6.66. The first-order valence-electron chi connectivity index (χ1n) is 7.69. The smallest absolute Gasteiger partial charge is 0.243 e. The normalized spacial score (nSPS) is 25.6. The largest absolute Gasteiger partial charge is 0.379 e. The van der Waals surface area contributed by atoms with Crippen LogP contribution in [0.3, 0.4) is 0 Å². The molecule has 5 nitrogen and oxygen atoms in total. The summed E-state index contributed by atoms with van der Waals surface area (Å²) < 4.78 is 38.3. The number of benzene rings is 1. The molecular formula is C16H23NO4S. The van der Waals surface area contributed by atoms with Gasteiger partial charge in [-0.15, -0.1) is 0 Å². The third-order valence-electron chi connectivity index (χ3n) is 4.77. The summed E-state index contributed by atoms with van der Waals surface area (Å²) in [4.78, 5) is 0.380. The minimum absolute atomic E-state index is 0.139. The molecule has 0 N–H and O–H groups in total. The lowest BCUT2D eigenvalue weighted by atomic mass is 9.89. The molecule has 2 aliphatic heterocycles. The zero-order chi connectivity index (χ0) is 15.8. The van der Waals surface area contributed by atoms with E-state index in [1.807, 2.05) is 13.0 Å². The van der Waals surface area contributed by atoms with Crippen molar-refractivity contribution in [2.75, 3.05) is 26.8 Å². The van der Waals surface area contributed by atoms with Crippen molar-refractivity contribution < 1.29 is 17.9 Å². The first kappa shape index (κ1) is 15.9. The van der Waals surface area contributed by atoms with Crippen molar-refractivity contribution >= 4 is 10.0 Å². The number of aryl methyl sites for hydroxylation is 1. The highest BCUT2D eigenvalue weighted by Crippen LogP contribution is 2.38. The molecule has 3 rings (SSSR count). The molecule has 1 atom stereocenters. The fourth-order valence-electron chi connectivity index (χ4n) is 3.36. The molecule has 0 unspecified atom stereocenters. The van der Waals surface area contributed by atoms with Gasteiger partial charge in [-0.1, -0.05) is 12.1 Å². The maximum absolute atomic E-state index is 12.7. The summed E-state index contributed by atoms with van der Waals surface area (Å²) in [7, 11) is -1.70. The van der Waals surface area contributed by atoms with E-state index in [2.05, 4.69) is 0 Å². The molecule has 0 radical (unpaired) electrons. The molecule has 0 aromatic heterocycles. The van der Waals surface area contributed by atoms with Crippen LogP contribution in [0.5, 0.6) is 0 Å². The van der Waals surface area contributed by atoms with E-state index in [0.29, 0.717) is 24.6 Å². The van der Waals surface area contributed by atoms with Crippen LogP contribution in [0, 0.1) is 6.92 Å². The number of hydrogen-bond donors (Lipinski definition) is 0. The zero-order valence-corrected chi connectivity index (χ0v) is 13.9. The Morgan fingerprint density at radius 1 is 1.32 bits per heavy atom. The van der Waals surface area contributed by atoms with E-state index >= 15 is 0 Å². The summed E-state index contributed by atoms with van der Waals surface area (Å²) in [5.74, 6) is 0. The molecular weight excluding hydrogens is 302 g/mol. The monoisotopic (exact) mass is 325 g/mol. The molecule has 6 heteroatoms. The highest BCUT2D eigenvalue weighted by molar-refractivity contribution is 7.89. The van der Waals surface area contributed by atoms with E-state index in [9.17, 15) is 8.42 Å². The Balaban J connectivity index is 1.71. The molecule has 2 saturated heterocycles. The van der Waals surface area contributed by atoms with Crippen molar-refractivity contribution in [1.82, 2.24) is 4.31 Å². The van der Waals surface area contributed by atoms with Crippen LogP contribution >= 0.6 is 0 Å². The van der Waals surface area contributed by atoms with Crippen LogP contribution in [0.1, 0.15) is 24.8 Å². The average Bonchev–Trinajstić information content (AvgIpc) is 2.91. The summed E-state index contributed by atoms with van der Waals surface area (Å²) in [5.41, 5.74) is 0.760. The molecule has 2 aliphatic rings. The summed E-state index contributed by atoms with van der Waals surface area (Å²) in [6.45, 7) is 3.53. The highest BCUT2D eigenvalue weighted by atomic mass is 32.2. The predicted octanol–water partition coefficient (Wildman–Crippen LogP) is 1.95. The van der Waals surface area contributed by atoms with Gasteiger partial charge in [0.2, 0.25) is 10.0 Å². The Kier molecular flexibility index (Phi) is 4.29. The van der Waals surface area contributed by atoms with Gasteiger partial charge < -0.3 is 9.47 Å². The predicted molar refractivity (Wildman–Crippen MR) is 83.3 cm³/mol. The highest BCUT2D eigenvalue weighted by Gasteiger charge is 2.44. The SMILES string of the molecule is CO[C@@H]1COC2(CCN(S(=O)(=O)c3cccc(C)c3)CC2)C1. The Hall–Kier alpha value is -0.950. The lowest BCUT2D eigenvalue weighted by molar-refractivity contribution is -0.0328. The standard InChI is InChI=1S/C16H23NO4S/c1-13-4-3-5-15(10-13)22(18,19)17-8-6-16(7-9-17)11-14(20-2)12-21-16/h3-5,10,14H,6-9,11-12H2,1-2H3/t14-/m0/s1. The van der Waals surface area contributed by atoms with E-state index in [0.717, 1.165) is 24.8 Å². The fraction of sp³-hybridized carbons (Fsp3) is 0.625. The summed E-state index contributed by atoms with van der Waals surface area (Å²) in [5, 5.41) is 0. The maximum Gasteiger partial charge on any atom is 0.243 e. The average molecular weight is 325 g/mol. The van der Waals surface area contributed by atoms with Gasteiger partial charge in [-0.25, -0.2) is 8.42 Å². The Bertz CT molecular complexity index is 635. The fourth-order valence-corrected chi connectivity index (χ4v) is 4.91.